The first kappa shape index (κ1) is 17.7. The Morgan fingerprint density at radius 2 is 1.87 bits per heavy atom. The first-order chi connectivity index (χ1) is 10.8. The molecule has 126 valence electrons. The molecule has 0 radical (unpaired) electrons. The van der Waals surface area contributed by atoms with Gasteiger partial charge in [-0.2, -0.15) is 0 Å². The maximum absolute atomic E-state index is 12.4. The molecule has 0 N–H and O–H groups in total. The molecule has 2 rings (SSSR count). The number of rotatable bonds is 5. The fraction of sp³-hybridized carbons (Fsp3) is 0.579. The number of ether oxygens (including phenoxy) is 2. The van der Waals surface area contributed by atoms with Crippen molar-refractivity contribution in [1.82, 2.24) is 0 Å². The molecule has 23 heavy (non-hydrogen) atoms. The Morgan fingerprint density at radius 1 is 1.22 bits per heavy atom. The van der Waals surface area contributed by atoms with Crippen LogP contribution in [0.15, 0.2) is 24.3 Å². The molecule has 1 aromatic carbocycles. The third kappa shape index (κ3) is 5.17. The van der Waals surface area contributed by atoms with Gasteiger partial charge in [0.05, 0.1) is 6.10 Å². The fourth-order valence-electron chi connectivity index (χ4n) is 2.89. The Kier molecular flexibility index (Phi) is 5.58. The minimum atomic E-state index is -0.269. The molecule has 1 aromatic rings. The summed E-state index contributed by atoms with van der Waals surface area (Å²) < 4.78 is 11.1. The van der Waals surface area contributed by atoms with Gasteiger partial charge < -0.3 is 9.47 Å². The van der Waals surface area contributed by atoms with E-state index in [1.165, 1.54) is 0 Å². The van der Waals surface area contributed by atoms with Crippen molar-refractivity contribution in [1.29, 1.82) is 0 Å². The lowest BCUT2D eigenvalue weighted by atomic mass is 9.82. The maximum atomic E-state index is 12.4. The summed E-state index contributed by atoms with van der Waals surface area (Å²) in [5, 5.41) is 0. The van der Waals surface area contributed by atoms with Crippen LogP contribution in [0.5, 0.6) is 5.75 Å². The lowest BCUT2D eigenvalue weighted by Gasteiger charge is -2.26. The summed E-state index contributed by atoms with van der Waals surface area (Å²) in [5.74, 6) is 0.704. The van der Waals surface area contributed by atoms with Gasteiger partial charge in [0.25, 0.3) is 0 Å². The number of carbonyl (C=O) groups excluding carboxylic acids is 2. The minimum Gasteiger partial charge on any atom is -0.488 e. The third-order valence-electron chi connectivity index (χ3n) is 4.08. The summed E-state index contributed by atoms with van der Waals surface area (Å²) in [7, 11) is 1.66. The van der Waals surface area contributed by atoms with Crippen molar-refractivity contribution < 1.29 is 19.1 Å². The molecule has 0 aliphatic heterocycles. The molecule has 0 aromatic heterocycles. The molecule has 1 aliphatic rings. The van der Waals surface area contributed by atoms with Gasteiger partial charge in [-0.1, -0.05) is 0 Å². The third-order valence-corrected chi connectivity index (χ3v) is 4.08. The van der Waals surface area contributed by atoms with E-state index in [1.807, 2.05) is 20.8 Å². The Bertz CT molecular complexity index is 554. The van der Waals surface area contributed by atoms with Crippen LogP contribution >= 0.6 is 0 Å². The molecule has 1 aliphatic carbocycles. The van der Waals surface area contributed by atoms with Gasteiger partial charge in [0.2, 0.25) is 0 Å². The predicted octanol–water partition coefficient (Wildman–Crippen LogP) is 3.82. The maximum Gasteiger partial charge on any atom is 0.163 e. The van der Waals surface area contributed by atoms with Crippen LogP contribution in [0.25, 0.3) is 0 Å². The van der Waals surface area contributed by atoms with E-state index in [4.69, 9.17) is 9.47 Å². The van der Waals surface area contributed by atoms with E-state index >= 15 is 0 Å². The molecular weight excluding hydrogens is 292 g/mol. The van der Waals surface area contributed by atoms with E-state index in [-0.39, 0.29) is 35.6 Å². The van der Waals surface area contributed by atoms with Gasteiger partial charge in [0, 0.05) is 31.4 Å². The Labute approximate surface area is 138 Å². The van der Waals surface area contributed by atoms with Crippen LogP contribution in [0.3, 0.4) is 0 Å². The van der Waals surface area contributed by atoms with Crippen LogP contribution in [0.4, 0.5) is 0 Å². The van der Waals surface area contributed by atoms with Gasteiger partial charge in [0.15, 0.2) is 5.78 Å². The largest absolute Gasteiger partial charge is 0.488 e. The molecule has 1 fully saturated rings. The van der Waals surface area contributed by atoms with E-state index in [9.17, 15) is 9.59 Å². The summed E-state index contributed by atoms with van der Waals surface area (Å²) >= 11 is 0. The smallest absolute Gasteiger partial charge is 0.163 e. The lowest BCUT2D eigenvalue weighted by Crippen LogP contribution is -2.30. The Morgan fingerprint density at radius 3 is 2.43 bits per heavy atom. The van der Waals surface area contributed by atoms with Crippen LogP contribution in [0, 0.1) is 5.92 Å². The number of hydrogen-bond acceptors (Lipinski definition) is 4. The van der Waals surface area contributed by atoms with Crippen LogP contribution in [0.1, 0.15) is 56.8 Å². The van der Waals surface area contributed by atoms with Crippen LogP contribution in [-0.2, 0) is 9.53 Å². The van der Waals surface area contributed by atoms with Gasteiger partial charge in [0.1, 0.15) is 17.1 Å². The SMILES string of the molecule is COC1CCC(=O)C(CC(=O)c2ccc(OC(C)(C)C)cc2)C1. The zero-order chi connectivity index (χ0) is 17.0. The Balaban J connectivity index is 1.98. The lowest BCUT2D eigenvalue weighted by molar-refractivity contribution is -0.127. The highest BCUT2D eigenvalue weighted by Gasteiger charge is 2.30. The topological polar surface area (TPSA) is 52.6 Å². The quantitative estimate of drug-likeness (QED) is 0.774. The number of Topliss-reactive ketones (excluding diaryl/α,β-unsaturated/α-hetero) is 2. The van der Waals surface area contributed by atoms with E-state index in [0.29, 0.717) is 18.4 Å². The second kappa shape index (κ2) is 7.26. The second-order valence-corrected chi connectivity index (χ2v) is 7.16. The highest BCUT2D eigenvalue weighted by atomic mass is 16.5. The zero-order valence-corrected chi connectivity index (χ0v) is 14.4. The zero-order valence-electron chi connectivity index (χ0n) is 14.4. The average molecular weight is 318 g/mol. The summed E-state index contributed by atoms with van der Waals surface area (Å²) in [6, 6.07) is 7.15. The Hall–Kier alpha value is -1.68. The van der Waals surface area contributed by atoms with Crippen molar-refractivity contribution in [2.75, 3.05) is 7.11 Å². The summed E-state index contributed by atoms with van der Waals surface area (Å²) in [5.41, 5.74) is 0.355. The molecule has 0 saturated heterocycles. The van der Waals surface area contributed by atoms with Crippen molar-refractivity contribution in [2.45, 2.75) is 58.2 Å². The molecule has 0 amide bonds. The van der Waals surface area contributed by atoms with E-state index in [2.05, 4.69) is 0 Å². The van der Waals surface area contributed by atoms with Crippen molar-refractivity contribution in [3.8, 4) is 5.75 Å². The van der Waals surface area contributed by atoms with Crippen LogP contribution in [-0.4, -0.2) is 30.4 Å². The van der Waals surface area contributed by atoms with Gasteiger partial charge in [-0.05, 0) is 57.9 Å². The van der Waals surface area contributed by atoms with Crippen LogP contribution in [0.2, 0.25) is 0 Å². The number of hydrogen-bond donors (Lipinski definition) is 0. The highest BCUT2D eigenvalue weighted by molar-refractivity contribution is 5.99. The van der Waals surface area contributed by atoms with Gasteiger partial charge in [-0.3, -0.25) is 9.59 Å². The normalized spacial score (nSPS) is 22.0. The minimum absolute atomic E-state index is 0.00223. The molecule has 4 heteroatoms. The van der Waals surface area contributed by atoms with Crippen molar-refractivity contribution in [2.24, 2.45) is 5.92 Å². The van der Waals surface area contributed by atoms with Crippen molar-refractivity contribution >= 4 is 11.6 Å². The molecular formula is C19H26O4. The summed E-state index contributed by atoms with van der Waals surface area (Å²) in [6.07, 6.45) is 2.27. The van der Waals surface area contributed by atoms with Gasteiger partial charge in [-0.15, -0.1) is 0 Å². The molecule has 2 atom stereocenters. The molecule has 4 nitrogen and oxygen atoms in total. The summed E-state index contributed by atoms with van der Waals surface area (Å²) in [4.78, 5) is 24.4. The number of carbonyl (C=O) groups is 2. The van der Waals surface area contributed by atoms with Gasteiger partial charge >= 0.3 is 0 Å². The molecule has 0 bridgehead atoms. The second-order valence-electron chi connectivity index (χ2n) is 7.16. The van der Waals surface area contributed by atoms with Gasteiger partial charge in [-0.25, -0.2) is 0 Å². The monoisotopic (exact) mass is 318 g/mol. The molecule has 0 spiro atoms. The number of benzene rings is 1. The highest BCUT2D eigenvalue weighted by Crippen LogP contribution is 2.27. The number of ketones is 2. The standard InChI is InChI=1S/C19H26O4/c1-19(2,3)23-15-7-5-13(6-8-15)18(21)12-14-11-16(22-4)9-10-17(14)20/h5-8,14,16H,9-12H2,1-4H3. The van der Waals surface area contributed by atoms with E-state index in [1.54, 1.807) is 31.4 Å². The molecule has 0 heterocycles. The first-order valence-electron chi connectivity index (χ1n) is 8.16. The van der Waals surface area contributed by atoms with E-state index in [0.717, 1.165) is 12.2 Å². The number of methoxy groups -OCH3 is 1. The fourth-order valence-corrected chi connectivity index (χ4v) is 2.89. The first-order valence-corrected chi connectivity index (χ1v) is 8.16. The van der Waals surface area contributed by atoms with Crippen molar-refractivity contribution in [3.63, 3.8) is 0 Å². The molecule has 2 unspecified atom stereocenters. The van der Waals surface area contributed by atoms with Crippen LogP contribution < -0.4 is 4.74 Å². The van der Waals surface area contributed by atoms with Crippen molar-refractivity contribution in [3.05, 3.63) is 29.8 Å². The predicted molar refractivity (Wildman–Crippen MR) is 88.9 cm³/mol. The summed E-state index contributed by atoms with van der Waals surface area (Å²) in [6.45, 7) is 5.94. The average Bonchev–Trinajstić information content (AvgIpc) is 2.48. The van der Waals surface area contributed by atoms with E-state index < -0.39 is 0 Å². The molecule has 1 saturated carbocycles.